The number of rotatable bonds is 6. The number of nitrogens with one attached hydrogen (secondary N) is 2. The predicted molar refractivity (Wildman–Crippen MR) is 97.8 cm³/mol. The predicted octanol–water partition coefficient (Wildman–Crippen LogP) is 3.90. The molecule has 3 aliphatic rings. The van der Waals surface area contributed by atoms with Gasteiger partial charge in [-0.15, -0.1) is 12.4 Å². The van der Waals surface area contributed by atoms with Gasteiger partial charge in [0.05, 0.1) is 12.3 Å². The van der Waals surface area contributed by atoms with Gasteiger partial charge in [0.25, 0.3) is 0 Å². The lowest BCUT2D eigenvalue weighted by atomic mass is 9.89. The van der Waals surface area contributed by atoms with Crippen molar-refractivity contribution in [3.8, 4) is 5.75 Å². The van der Waals surface area contributed by atoms with Gasteiger partial charge in [0, 0.05) is 24.6 Å². The van der Waals surface area contributed by atoms with E-state index in [4.69, 9.17) is 4.74 Å². The second-order valence-corrected chi connectivity index (χ2v) is 7.62. The summed E-state index contributed by atoms with van der Waals surface area (Å²) in [5.41, 5.74) is 0.582. The van der Waals surface area contributed by atoms with Crippen molar-refractivity contribution in [2.24, 2.45) is 11.8 Å². The average molecular weight is 369 g/mol. The fourth-order valence-corrected chi connectivity index (χ4v) is 4.02. The molecule has 2 aliphatic heterocycles. The zero-order valence-corrected chi connectivity index (χ0v) is 15.1. The minimum Gasteiger partial charge on any atom is -0.491 e. The van der Waals surface area contributed by atoms with Gasteiger partial charge < -0.3 is 15.4 Å². The molecule has 0 radical (unpaired) electrons. The molecule has 4 nitrogen and oxygen atoms in total. The summed E-state index contributed by atoms with van der Waals surface area (Å²) in [6, 6.07) is 5.50. The Morgan fingerprint density at radius 2 is 1.88 bits per heavy atom. The van der Waals surface area contributed by atoms with Crippen LogP contribution in [0.5, 0.6) is 5.75 Å². The summed E-state index contributed by atoms with van der Waals surface area (Å²) in [6.45, 7) is 0.601. The number of carbonyl (C=O) groups is 1. The molecule has 2 bridgehead atoms. The second-order valence-electron chi connectivity index (χ2n) is 7.62. The first-order valence-electron chi connectivity index (χ1n) is 9.14. The highest BCUT2D eigenvalue weighted by Crippen LogP contribution is 2.34. The molecule has 25 heavy (non-hydrogen) atoms. The van der Waals surface area contributed by atoms with Gasteiger partial charge in [-0.25, -0.2) is 4.39 Å². The average Bonchev–Trinajstić information content (AvgIpc) is 3.31. The molecule has 2 N–H and O–H groups in total. The first-order valence-corrected chi connectivity index (χ1v) is 9.14. The molecule has 138 valence electrons. The normalized spacial score (nSPS) is 27.5. The van der Waals surface area contributed by atoms with E-state index >= 15 is 0 Å². The molecule has 1 amide bonds. The van der Waals surface area contributed by atoms with Crippen LogP contribution in [0, 0.1) is 17.7 Å². The first-order chi connectivity index (χ1) is 11.7. The van der Waals surface area contributed by atoms with Gasteiger partial charge in [-0.1, -0.05) is 0 Å². The number of benzene rings is 1. The summed E-state index contributed by atoms with van der Waals surface area (Å²) in [5, 5.41) is 6.53. The summed E-state index contributed by atoms with van der Waals surface area (Å²) in [5.74, 6) is 1.14. The molecule has 3 fully saturated rings. The number of carbonyl (C=O) groups excluding carboxylic acids is 1. The zero-order valence-electron chi connectivity index (χ0n) is 14.3. The maximum atomic E-state index is 13.5. The van der Waals surface area contributed by atoms with Gasteiger partial charge in [-0.2, -0.15) is 0 Å². The van der Waals surface area contributed by atoms with Gasteiger partial charge in [0.2, 0.25) is 5.91 Å². The number of halogens is 2. The number of hydrogen-bond donors (Lipinski definition) is 2. The van der Waals surface area contributed by atoms with Crippen LogP contribution < -0.4 is 15.4 Å². The van der Waals surface area contributed by atoms with Crippen molar-refractivity contribution in [3.05, 3.63) is 24.0 Å². The highest BCUT2D eigenvalue weighted by molar-refractivity contribution is 5.92. The first kappa shape index (κ1) is 18.5. The molecule has 0 spiro atoms. The fraction of sp³-hybridized carbons (Fsp3) is 0.632. The van der Waals surface area contributed by atoms with Gasteiger partial charge in [0.1, 0.15) is 11.6 Å². The molecule has 2 unspecified atom stereocenters. The molecule has 1 aromatic rings. The molecule has 0 aromatic heterocycles. The lowest BCUT2D eigenvalue weighted by Crippen LogP contribution is -2.39. The van der Waals surface area contributed by atoms with E-state index in [1.165, 1.54) is 37.8 Å². The van der Waals surface area contributed by atoms with E-state index in [0.29, 0.717) is 48.4 Å². The molecule has 1 saturated carbocycles. The van der Waals surface area contributed by atoms with E-state index in [9.17, 15) is 9.18 Å². The van der Waals surface area contributed by atoms with Crippen LogP contribution in [-0.2, 0) is 4.79 Å². The lowest BCUT2D eigenvalue weighted by molar-refractivity contribution is -0.117. The van der Waals surface area contributed by atoms with E-state index < -0.39 is 0 Å². The van der Waals surface area contributed by atoms with E-state index in [2.05, 4.69) is 10.6 Å². The Kier molecular flexibility index (Phi) is 5.85. The Labute approximate surface area is 154 Å². The molecular weight excluding hydrogens is 343 g/mol. The summed E-state index contributed by atoms with van der Waals surface area (Å²) in [7, 11) is 0. The minimum atomic E-state index is -0.339. The van der Waals surface area contributed by atoms with Gasteiger partial charge in [0.15, 0.2) is 0 Å². The molecule has 2 saturated heterocycles. The second kappa shape index (κ2) is 7.92. The maximum Gasteiger partial charge on any atom is 0.224 e. The van der Waals surface area contributed by atoms with Crippen molar-refractivity contribution in [1.82, 2.24) is 5.32 Å². The quantitative estimate of drug-likeness (QED) is 0.800. The fourth-order valence-electron chi connectivity index (χ4n) is 4.02. The van der Waals surface area contributed by atoms with Crippen LogP contribution in [0.3, 0.4) is 0 Å². The van der Waals surface area contributed by atoms with Crippen LogP contribution in [0.2, 0.25) is 0 Å². The third-order valence-corrected chi connectivity index (χ3v) is 5.43. The van der Waals surface area contributed by atoms with Crippen LogP contribution >= 0.6 is 12.4 Å². The number of amides is 1. The van der Waals surface area contributed by atoms with Crippen molar-refractivity contribution < 1.29 is 13.9 Å². The highest BCUT2D eigenvalue weighted by atomic mass is 35.5. The molecule has 1 aliphatic carbocycles. The molecule has 6 heteroatoms. The third kappa shape index (κ3) is 4.85. The molecule has 1 aromatic carbocycles. The van der Waals surface area contributed by atoms with Crippen LogP contribution in [0.15, 0.2) is 18.2 Å². The summed E-state index contributed by atoms with van der Waals surface area (Å²) >= 11 is 0. The molecule has 2 atom stereocenters. The smallest absolute Gasteiger partial charge is 0.224 e. The molecule has 2 heterocycles. The van der Waals surface area contributed by atoms with Gasteiger partial charge in [-0.3, -0.25) is 4.79 Å². The van der Waals surface area contributed by atoms with Crippen LogP contribution in [0.4, 0.5) is 10.1 Å². The van der Waals surface area contributed by atoms with E-state index in [0.717, 1.165) is 12.8 Å². The van der Waals surface area contributed by atoms with Crippen molar-refractivity contribution in [1.29, 1.82) is 0 Å². The van der Waals surface area contributed by atoms with Crippen molar-refractivity contribution >= 4 is 24.0 Å². The molecular formula is C19H26ClFN2O2. The van der Waals surface area contributed by atoms with Crippen molar-refractivity contribution in [2.45, 2.75) is 57.0 Å². The van der Waals surface area contributed by atoms with Gasteiger partial charge >= 0.3 is 0 Å². The minimum absolute atomic E-state index is 0. The number of anilines is 1. The van der Waals surface area contributed by atoms with Crippen molar-refractivity contribution in [3.63, 3.8) is 0 Å². The third-order valence-electron chi connectivity index (χ3n) is 5.43. The van der Waals surface area contributed by atoms with Crippen LogP contribution in [-0.4, -0.2) is 24.6 Å². The number of ether oxygens (including phenoxy) is 1. The molecule has 4 rings (SSSR count). The van der Waals surface area contributed by atoms with E-state index in [1.807, 2.05) is 0 Å². The Hall–Kier alpha value is -1.33. The zero-order chi connectivity index (χ0) is 16.5. The summed E-state index contributed by atoms with van der Waals surface area (Å²) < 4.78 is 19.2. The standard InChI is InChI=1S/C19H25FN2O2.ClH/c20-14-3-6-17(18(10-14)24-11-12-1-2-12)22-19(23)9-13-7-15-4-5-16(8-13)21-15;/h3,6,10,12-13,15-16,21H,1-2,4-5,7-9,11H2,(H,22,23);1H. The Bertz CT molecular complexity index is 611. The van der Waals surface area contributed by atoms with Crippen LogP contribution in [0.1, 0.15) is 44.9 Å². The highest BCUT2D eigenvalue weighted by Gasteiger charge is 2.34. The monoisotopic (exact) mass is 368 g/mol. The number of piperidine rings is 1. The van der Waals surface area contributed by atoms with E-state index in [1.54, 1.807) is 6.07 Å². The maximum absolute atomic E-state index is 13.5. The SMILES string of the molecule is Cl.O=C(CC1CC2CCC(C1)N2)Nc1ccc(F)cc1OCC1CC1. The summed E-state index contributed by atoms with van der Waals surface area (Å²) in [4.78, 5) is 12.4. The van der Waals surface area contributed by atoms with Crippen LogP contribution in [0.25, 0.3) is 0 Å². The topological polar surface area (TPSA) is 50.4 Å². The number of hydrogen-bond acceptors (Lipinski definition) is 3. The van der Waals surface area contributed by atoms with E-state index in [-0.39, 0.29) is 24.1 Å². The largest absolute Gasteiger partial charge is 0.491 e. The van der Waals surface area contributed by atoms with Gasteiger partial charge in [-0.05, 0) is 62.5 Å². The van der Waals surface area contributed by atoms with Crippen molar-refractivity contribution in [2.75, 3.05) is 11.9 Å². The number of fused-ring (bicyclic) bond motifs is 2. The Morgan fingerprint density at radius 1 is 1.16 bits per heavy atom. The Morgan fingerprint density at radius 3 is 2.56 bits per heavy atom. The summed E-state index contributed by atoms with van der Waals surface area (Å²) in [6.07, 6.45) is 7.52. The lowest BCUT2D eigenvalue weighted by Gasteiger charge is -2.28. The Balaban J connectivity index is 0.00000182.